The summed E-state index contributed by atoms with van der Waals surface area (Å²) in [5.74, 6) is 1.95. The van der Waals surface area contributed by atoms with Crippen LogP contribution < -0.4 is 25.8 Å². The number of ether oxygens (including phenoxy) is 1. The van der Waals surface area contributed by atoms with Crippen LogP contribution in [-0.2, 0) is 22.4 Å². The number of unbranched alkanes of at least 4 members (excludes halogenated alkanes) is 2. The van der Waals surface area contributed by atoms with E-state index in [1.165, 1.54) is 47.1 Å². The highest BCUT2D eigenvalue weighted by molar-refractivity contribution is 9.10. The molecule has 10 heteroatoms. The van der Waals surface area contributed by atoms with Gasteiger partial charge in [-0.05, 0) is 50.9 Å². The smallest absolute Gasteiger partial charge is 0.225 e. The van der Waals surface area contributed by atoms with E-state index in [0.29, 0.717) is 0 Å². The first-order chi connectivity index (χ1) is 19.5. The lowest BCUT2D eigenvalue weighted by atomic mass is 10.0. The van der Waals surface area contributed by atoms with Crippen molar-refractivity contribution < 1.29 is 9.53 Å². The van der Waals surface area contributed by atoms with Gasteiger partial charge >= 0.3 is 0 Å². The summed E-state index contributed by atoms with van der Waals surface area (Å²) in [6.07, 6.45) is 10.7. The van der Waals surface area contributed by atoms with Crippen LogP contribution in [0.15, 0.2) is 29.0 Å². The Kier molecular flexibility index (Phi) is 13.3. The molecule has 1 spiro atoms. The van der Waals surface area contributed by atoms with Crippen molar-refractivity contribution in [1.29, 1.82) is 0 Å². The Balaban J connectivity index is 0.000000202. The number of morpholine rings is 1. The van der Waals surface area contributed by atoms with Crippen LogP contribution >= 0.6 is 15.9 Å². The molecule has 1 atom stereocenters. The number of rotatable bonds is 6. The molecule has 2 saturated heterocycles. The lowest BCUT2D eigenvalue weighted by Gasteiger charge is -2.34. The molecule has 1 unspecified atom stereocenters. The van der Waals surface area contributed by atoms with Crippen molar-refractivity contribution in [3.8, 4) is 0 Å². The third-order valence-electron chi connectivity index (χ3n) is 7.89. The number of hydrogen-bond donors (Lipinski definition) is 3. The SMILES string of the molecule is Brc1ccnc2c1CCN2.C.CC(=O)N1CCc2c(N3CCC4(CNCCO4)C3)ccnc21.CCCCCNCC. The molecule has 0 saturated carbocycles. The van der Waals surface area contributed by atoms with Crippen LogP contribution in [0.3, 0.4) is 0 Å². The predicted octanol–water partition coefficient (Wildman–Crippen LogP) is 4.79. The first kappa shape index (κ1) is 33.2. The Morgan fingerprint density at radius 3 is 2.66 bits per heavy atom. The minimum atomic E-state index is -0.0483. The molecule has 3 N–H and O–H groups in total. The Hall–Kier alpha value is -2.27. The fourth-order valence-corrected chi connectivity index (χ4v) is 6.24. The highest BCUT2D eigenvalue weighted by Crippen LogP contribution is 2.38. The number of halogens is 1. The first-order valence-electron chi connectivity index (χ1n) is 14.9. The maximum absolute atomic E-state index is 11.7. The van der Waals surface area contributed by atoms with E-state index >= 15 is 0 Å². The fourth-order valence-electron chi connectivity index (χ4n) is 5.74. The van der Waals surface area contributed by atoms with Gasteiger partial charge in [-0.25, -0.2) is 9.97 Å². The largest absolute Gasteiger partial charge is 0.370 e. The molecule has 228 valence electrons. The van der Waals surface area contributed by atoms with E-state index in [-0.39, 0.29) is 18.9 Å². The zero-order chi connectivity index (χ0) is 28.4. The number of pyridine rings is 2. The fraction of sp³-hybridized carbons (Fsp3) is 0.645. The molecule has 4 aliphatic heterocycles. The van der Waals surface area contributed by atoms with Crippen molar-refractivity contribution in [3.05, 3.63) is 40.1 Å². The molecule has 2 aromatic heterocycles. The monoisotopic (exact) mass is 631 g/mol. The Morgan fingerprint density at radius 2 is 1.95 bits per heavy atom. The molecule has 0 radical (unpaired) electrons. The Labute approximate surface area is 255 Å². The summed E-state index contributed by atoms with van der Waals surface area (Å²) in [4.78, 5) is 24.5. The van der Waals surface area contributed by atoms with Gasteiger partial charge in [-0.15, -0.1) is 0 Å². The number of hydrogen-bond acceptors (Lipinski definition) is 8. The third-order valence-corrected chi connectivity index (χ3v) is 8.64. The van der Waals surface area contributed by atoms with Crippen LogP contribution in [0.4, 0.5) is 17.3 Å². The lowest BCUT2D eigenvalue weighted by molar-refractivity contribution is -0.116. The van der Waals surface area contributed by atoms with Gasteiger partial charge in [-0.2, -0.15) is 0 Å². The number of fused-ring (bicyclic) bond motifs is 2. The molecular formula is C31H50BrN7O2. The van der Waals surface area contributed by atoms with E-state index in [2.05, 4.69) is 66.7 Å². The van der Waals surface area contributed by atoms with Gasteiger partial charge in [0.2, 0.25) is 5.91 Å². The van der Waals surface area contributed by atoms with Crippen LogP contribution in [0.5, 0.6) is 0 Å². The summed E-state index contributed by atoms with van der Waals surface area (Å²) in [5, 5.41) is 9.93. The minimum absolute atomic E-state index is 0. The van der Waals surface area contributed by atoms with E-state index in [9.17, 15) is 4.79 Å². The normalized spacial score (nSPS) is 20.2. The van der Waals surface area contributed by atoms with E-state index < -0.39 is 0 Å². The van der Waals surface area contributed by atoms with Crippen LogP contribution in [0.25, 0.3) is 0 Å². The van der Waals surface area contributed by atoms with E-state index in [1.54, 1.807) is 18.0 Å². The molecular weight excluding hydrogens is 582 g/mol. The topological polar surface area (TPSA) is 94.7 Å². The van der Waals surface area contributed by atoms with Crippen LogP contribution in [0, 0.1) is 0 Å². The summed E-state index contributed by atoms with van der Waals surface area (Å²) >= 11 is 3.47. The average Bonchev–Trinajstić information content (AvgIpc) is 3.72. The Bertz CT molecular complexity index is 1100. The molecule has 6 heterocycles. The van der Waals surface area contributed by atoms with Gasteiger partial charge in [0.1, 0.15) is 11.6 Å². The molecule has 2 aromatic rings. The number of nitrogens with one attached hydrogen (secondary N) is 3. The number of carbonyl (C=O) groups excluding carboxylic acids is 1. The van der Waals surface area contributed by atoms with Gasteiger partial charge in [0.25, 0.3) is 0 Å². The van der Waals surface area contributed by atoms with Gasteiger partial charge in [0, 0.05) is 79.9 Å². The molecule has 6 rings (SSSR count). The molecule has 0 aromatic carbocycles. The van der Waals surface area contributed by atoms with Crippen LogP contribution in [-0.4, -0.2) is 80.4 Å². The summed E-state index contributed by atoms with van der Waals surface area (Å²) in [6.45, 7) is 14.6. The van der Waals surface area contributed by atoms with Crippen LogP contribution in [0.2, 0.25) is 0 Å². The van der Waals surface area contributed by atoms with Crippen molar-refractivity contribution in [1.82, 2.24) is 20.6 Å². The summed E-state index contributed by atoms with van der Waals surface area (Å²) in [7, 11) is 0. The molecule has 9 nitrogen and oxygen atoms in total. The molecule has 0 aliphatic carbocycles. The van der Waals surface area contributed by atoms with Crippen molar-refractivity contribution in [2.24, 2.45) is 0 Å². The molecule has 4 aliphatic rings. The second-order valence-electron chi connectivity index (χ2n) is 10.8. The second kappa shape index (κ2) is 16.4. The quantitative estimate of drug-likeness (QED) is 0.392. The maximum Gasteiger partial charge on any atom is 0.225 e. The van der Waals surface area contributed by atoms with Gasteiger partial charge in [-0.3, -0.25) is 9.69 Å². The third kappa shape index (κ3) is 8.63. The highest BCUT2D eigenvalue weighted by Gasteiger charge is 2.41. The predicted molar refractivity (Wildman–Crippen MR) is 173 cm³/mol. The zero-order valence-electron chi connectivity index (χ0n) is 24.4. The van der Waals surface area contributed by atoms with Crippen molar-refractivity contribution in [3.63, 3.8) is 0 Å². The highest BCUT2D eigenvalue weighted by atomic mass is 79.9. The van der Waals surface area contributed by atoms with Crippen molar-refractivity contribution >= 4 is 39.2 Å². The summed E-state index contributed by atoms with van der Waals surface area (Å²) < 4.78 is 7.24. The van der Waals surface area contributed by atoms with E-state index in [4.69, 9.17) is 4.74 Å². The van der Waals surface area contributed by atoms with Gasteiger partial charge in [0.15, 0.2) is 0 Å². The average molecular weight is 633 g/mol. The summed E-state index contributed by atoms with van der Waals surface area (Å²) in [6, 6.07) is 4.06. The van der Waals surface area contributed by atoms with Gasteiger partial charge in [0.05, 0.1) is 12.2 Å². The van der Waals surface area contributed by atoms with Crippen LogP contribution in [0.1, 0.15) is 65.0 Å². The zero-order valence-corrected chi connectivity index (χ0v) is 26.0. The Morgan fingerprint density at radius 1 is 1.12 bits per heavy atom. The lowest BCUT2D eigenvalue weighted by Crippen LogP contribution is -2.51. The summed E-state index contributed by atoms with van der Waals surface area (Å²) in [5.41, 5.74) is 3.69. The minimum Gasteiger partial charge on any atom is -0.370 e. The van der Waals surface area contributed by atoms with Gasteiger partial charge in [-0.1, -0.05) is 50.0 Å². The first-order valence-corrected chi connectivity index (χ1v) is 15.7. The molecule has 2 fully saturated rings. The standard InChI is InChI=1S/C16H22N4O2.C7H7BrN2.C7H17N.CH4/c1-12(21)20-7-3-13-14(2-5-18-15(13)20)19-8-4-16(11-19)10-17-6-9-22-16;8-6-2-4-10-7-5(6)1-3-9-7;1-3-5-6-7-8-4-2;/h2,5,17H,3-4,6-11H2,1H3;2,4H,1,3H2,(H,9,10);8H,3-7H2,1-2H3;1H4. The number of carbonyl (C=O) groups is 1. The second-order valence-corrected chi connectivity index (χ2v) is 11.6. The van der Waals surface area contributed by atoms with Crippen molar-refractivity contribution in [2.45, 2.75) is 72.3 Å². The number of aromatic nitrogens is 2. The van der Waals surface area contributed by atoms with Gasteiger partial charge < -0.3 is 25.6 Å². The number of anilines is 3. The van der Waals surface area contributed by atoms with E-state index in [1.807, 2.05) is 12.3 Å². The molecule has 0 bridgehead atoms. The number of nitrogens with zero attached hydrogens (tertiary/aromatic N) is 4. The van der Waals surface area contributed by atoms with E-state index in [0.717, 1.165) is 83.3 Å². The molecule has 41 heavy (non-hydrogen) atoms. The van der Waals surface area contributed by atoms with Crippen molar-refractivity contribution in [2.75, 3.05) is 74.1 Å². The maximum atomic E-state index is 11.7. The molecule has 1 amide bonds. The number of amides is 1.